The van der Waals surface area contributed by atoms with Crippen LogP contribution in [0.4, 0.5) is 11.4 Å². The Morgan fingerprint density at radius 3 is 2.15 bits per heavy atom. The molecular weight excluding hydrogens is 510 g/mol. The summed E-state index contributed by atoms with van der Waals surface area (Å²) in [6.07, 6.45) is 1.82. The van der Waals surface area contributed by atoms with Gasteiger partial charge >= 0.3 is 0 Å². The van der Waals surface area contributed by atoms with Crippen LogP contribution >= 0.6 is 0 Å². The second-order valence-electron chi connectivity index (χ2n) is 11.3. The molecule has 1 aliphatic rings. The summed E-state index contributed by atoms with van der Waals surface area (Å²) >= 11 is 0. The number of carbonyl (C=O) groups excluding carboxylic acids is 1. The number of methoxy groups -OCH3 is 1. The number of hydrogen-bond donors (Lipinski definition) is 0. The molecule has 0 aliphatic heterocycles. The van der Waals surface area contributed by atoms with E-state index in [2.05, 4.69) is 20.8 Å². The Morgan fingerprint density at radius 2 is 1.56 bits per heavy atom. The molecule has 1 saturated carbocycles. The van der Waals surface area contributed by atoms with Crippen molar-refractivity contribution in [1.82, 2.24) is 4.90 Å². The van der Waals surface area contributed by atoms with E-state index in [-0.39, 0.29) is 28.8 Å². The number of carbonyl (C=O) groups is 1. The Labute approximate surface area is 233 Å². The number of hydrogen-bond acceptors (Lipinski definition) is 5. The second kappa shape index (κ2) is 11.3. The molecule has 39 heavy (non-hydrogen) atoms. The van der Waals surface area contributed by atoms with Gasteiger partial charge in [-0.25, -0.2) is 8.42 Å². The van der Waals surface area contributed by atoms with Gasteiger partial charge in [-0.1, -0.05) is 51.1 Å². The quantitative estimate of drug-likeness (QED) is 0.337. The van der Waals surface area contributed by atoms with Crippen LogP contribution in [0, 0.1) is 0 Å². The minimum Gasteiger partial charge on any atom is -0.497 e. The minimum absolute atomic E-state index is 0.104. The Kier molecular flexibility index (Phi) is 8.25. The molecule has 0 bridgehead atoms. The summed E-state index contributed by atoms with van der Waals surface area (Å²) in [6.45, 7) is 6.36. The Balaban J connectivity index is 1.70. The van der Waals surface area contributed by atoms with Gasteiger partial charge in [-0.2, -0.15) is 0 Å². The van der Waals surface area contributed by atoms with Crippen LogP contribution in [0.3, 0.4) is 0 Å². The molecule has 0 atom stereocenters. The molecule has 8 heteroatoms. The highest BCUT2D eigenvalue weighted by atomic mass is 32.2. The molecule has 0 radical (unpaired) electrons. The van der Waals surface area contributed by atoms with Gasteiger partial charge < -0.3 is 14.5 Å². The Hall–Kier alpha value is -3.52. The monoisotopic (exact) mass is 549 g/mol. The van der Waals surface area contributed by atoms with Crippen LogP contribution in [0.2, 0.25) is 0 Å². The average Bonchev–Trinajstić information content (AvgIpc) is 3.75. The van der Waals surface area contributed by atoms with Gasteiger partial charge in [0.2, 0.25) is 5.91 Å². The molecule has 0 saturated heterocycles. The number of benzene rings is 3. The largest absolute Gasteiger partial charge is 0.497 e. The fourth-order valence-corrected chi connectivity index (χ4v) is 5.89. The molecular formula is C31H39N3O4S. The molecule has 0 aromatic heterocycles. The standard InChI is InChI=1S/C31H39N3O4S/c1-31(2,3)24-13-17-29(18-14-24)39(36,37)34(27-11-8-10-26(20-27)32(4)5)22-30(35)33(25-15-16-25)21-23-9-7-12-28(19-23)38-6/h7-14,17-20,25H,15-16,21-22H2,1-6H3. The topological polar surface area (TPSA) is 70.2 Å². The SMILES string of the molecule is COc1cccc(CN(C(=O)CN(c2cccc(N(C)C)c2)S(=O)(=O)c2ccc(C(C)(C)C)cc2)C2CC2)c1. The highest BCUT2D eigenvalue weighted by molar-refractivity contribution is 7.92. The van der Waals surface area contributed by atoms with Crippen LogP contribution in [0.1, 0.15) is 44.7 Å². The second-order valence-corrected chi connectivity index (χ2v) is 13.2. The molecule has 3 aromatic rings. The van der Waals surface area contributed by atoms with E-state index in [1.807, 2.05) is 67.5 Å². The third kappa shape index (κ3) is 6.74. The van der Waals surface area contributed by atoms with Gasteiger partial charge in [-0.3, -0.25) is 9.10 Å². The number of anilines is 2. The molecule has 0 heterocycles. The van der Waals surface area contributed by atoms with E-state index in [4.69, 9.17) is 4.74 Å². The number of rotatable bonds is 10. The van der Waals surface area contributed by atoms with Crippen molar-refractivity contribution in [2.24, 2.45) is 0 Å². The van der Waals surface area contributed by atoms with E-state index < -0.39 is 10.0 Å². The lowest BCUT2D eigenvalue weighted by Gasteiger charge is -2.29. The smallest absolute Gasteiger partial charge is 0.264 e. The van der Waals surface area contributed by atoms with Gasteiger partial charge in [-0.15, -0.1) is 0 Å². The predicted octanol–water partition coefficient (Wildman–Crippen LogP) is 5.45. The van der Waals surface area contributed by atoms with E-state index in [0.29, 0.717) is 12.2 Å². The maximum absolute atomic E-state index is 14.1. The zero-order valence-corrected chi connectivity index (χ0v) is 24.5. The van der Waals surface area contributed by atoms with Crippen molar-refractivity contribution in [3.05, 3.63) is 83.9 Å². The summed E-state index contributed by atoms with van der Waals surface area (Å²) in [5, 5.41) is 0. The molecule has 208 valence electrons. The molecule has 7 nitrogen and oxygen atoms in total. The van der Waals surface area contributed by atoms with Crippen molar-refractivity contribution in [3.8, 4) is 5.75 Å². The number of sulfonamides is 1. The zero-order chi connectivity index (χ0) is 28.4. The first-order valence-corrected chi connectivity index (χ1v) is 14.7. The van der Waals surface area contributed by atoms with Crippen LogP contribution < -0.4 is 13.9 Å². The van der Waals surface area contributed by atoms with Gasteiger partial charge in [0.25, 0.3) is 10.0 Å². The van der Waals surface area contributed by atoms with E-state index >= 15 is 0 Å². The normalized spacial score (nSPS) is 13.6. The third-order valence-corrected chi connectivity index (χ3v) is 8.80. The summed E-state index contributed by atoms with van der Waals surface area (Å²) in [5.41, 5.74) is 3.17. The van der Waals surface area contributed by atoms with E-state index in [1.54, 1.807) is 36.3 Å². The van der Waals surface area contributed by atoms with Crippen molar-refractivity contribution in [1.29, 1.82) is 0 Å². The first kappa shape index (κ1) is 28.5. The van der Waals surface area contributed by atoms with E-state index in [1.165, 1.54) is 4.31 Å². The van der Waals surface area contributed by atoms with Crippen LogP contribution in [0.5, 0.6) is 5.75 Å². The fourth-order valence-electron chi connectivity index (χ4n) is 4.48. The van der Waals surface area contributed by atoms with Crippen molar-refractivity contribution < 1.29 is 17.9 Å². The maximum Gasteiger partial charge on any atom is 0.264 e. The van der Waals surface area contributed by atoms with Gasteiger partial charge in [0.05, 0.1) is 17.7 Å². The molecule has 3 aromatic carbocycles. The van der Waals surface area contributed by atoms with Crippen LogP contribution in [0.15, 0.2) is 77.7 Å². The molecule has 1 aliphatic carbocycles. The molecule has 1 amide bonds. The lowest BCUT2D eigenvalue weighted by atomic mass is 9.87. The van der Waals surface area contributed by atoms with Crippen LogP contribution in [-0.4, -0.2) is 53.0 Å². The Bertz CT molecular complexity index is 1410. The van der Waals surface area contributed by atoms with Gasteiger partial charge in [0.15, 0.2) is 0 Å². The third-order valence-electron chi connectivity index (χ3n) is 7.02. The van der Waals surface area contributed by atoms with Crippen molar-refractivity contribution >= 4 is 27.3 Å². The highest BCUT2D eigenvalue weighted by Gasteiger charge is 2.36. The first-order valence-electron chi connectivity index (χ1n) is 13.2. The first-order chi connectivity index (χ1) is 18.4. The molecule has 0 unspecified atom stereocenters. The summed E-state index contributed by atoms with van der Waals surface area (Å²) in [5.74, 6) is 0.490. The summed E-state index contributed by atoms with van der Waals surface area (Å²) in [6, 6.07) is 22.0. The van der Waals surface area contributed by atoms with Crippen LogP contribution in [-0.2, 0) is 26.8 Å². The minimum atomic E-state index is -4.03. The summed E-state index contributed by atoms with van der Waals surface area (Å²) in [7, 11) is 1.38. The molecule has 4 rings (SSSR count). The molecule has 0 N–H and O–H groups in total. The summed E-state index contributed by atoms with van der Waals surface area (Å²) < 4.78 is 34.8. The van der Waals surface area contributed by atoms with Gasteiger partial charge in [0.1, 0.15) is 12.3 Å². The average molecular weight is 550 g/mol. The summed E-state index contributed by atoms with van der Waals surface area (Å²) in [4.78, 5) is 17.7. The van der Waals surface area contributed by atoms with Crippen LogP contribution in [0.25, 0.3) is 0 Å². The van der Waals surface area contributed by atoms with E-state index in [0.717, 1.165) is 35.4 Å². The number of amides is 1. The van der Waals surface area contributed by atoms with Gasteiger partial charge in [-0.05, 0) is 71.8 Å². The Morgan fingerprint density at radius 1 is 0.923 bits per heavy atom. The maximum atomic E-state index is 14.1. The lowest BCUT2D eigenvalue weighted by Crippen LogP contribution is -2.43. The lowest BCUT2D eigenvalue weighted by molar-refractivity contribution is -0.130. The van der Waals surface area contributed by atoms with Crippen molar-refractivity contribution in [2.75, 3.05) is 37.0 Å². The fraction of sp³-hybridized carbons (Fsp3) is 0.387. The number of ether oxygens (including phenoxy) is 1. The predicted molar refractivity (Wildman–Crippen MR) is 157 cm³/mol. The number of nitrogens with zero attached hydrogens (tertiary/aromatic N) is 3. The van der Waals surface area contributed by atoms with Gasteiger partial charge in [0, 0.05) is 32.4 Å². The van der Waals surface area contributed by atoms with E-state index in [9.17, 15) is 13.2 Å². The molecule has 1 fully saturated rings. The zero-order valence-electron chi connectivity index (χ0n) is 23.7. The van der Waals surface area contributed by atoms with Crippen molar-refractivity contribution in [3.63, 3.8) is 0 Å². The molecule has 0 spiro atoms. The highest BCUT2D eigenvalue weighted by Crippen LogP contribution is 2.32. The van der Waals surface area contributed by atoms with Crippen molar-refractivity contribution in [2.45, 2.75) is 56.5 Å².